The Kier molecular flexibility index (Phi) is 4.50. The number of aromatic nitrogens is 1. The van der Waals surface area contributed by atoms with Gasteiger partial charge in [-0.3, -0.25) is 14.9 Å². The van der Waals surface area contributed by atoms with Crippen molar-refractivity contribution >= 4 is 22.5 Å². The molecule has 138 valence electrons. The first kappa shape index (κ1) is 17.1. The summed E-state index contributed by atoms with van der Waals surface area (Å²) in [6.45, 7) is 1.32. The number of amides is 1. The van der Waals surface area contributed by atoms with E-state index < -0.39 is 4.92 Å². The van der Waals surface area contributed by atoms with Crippen LogP contribution in [0.15, 0.2) is 54.7 Å². The largest absolute Gasteiger partial charge is 0.493 e. The topological polar surface area (TPSA) is 86.4 Å². The van der Waals surface area contributed by atoms with Crippen LogP contribution in [-0.2, 0) is 17.8 Å². The molecule has 0 saturated heterocycles. The van der Waals surface area contributed by atoms with Crippen molar-refractivity contribution in [2.24, 2.45) is 5.92 Å². The second kappa shape index (κ2) is 7.11. The molecule has 0 aliphatic carbocycles. The van der Waals surface area contributed by atoms with E-state index in [1.807, 2.05) is 18.2 Å². The first-order chi connectivity index (χ1) is 13.1. The number of non-ortho nitro benzene ring substituents is 1. The number of benzene rings is 2. The van der Waals surface area contributed by atoms with Crippen LogP contribution in [0, 0.1) is 16.0 Å². The Hall–Kier alpha value is -3.35. The third kappa shape index (κ3) is 3.62. The zero-order chi connectivity index (χ0) is 18.8. The van der Waals surface area contributed by atoms with Crippen molar-refractivity contribution in [3.63, 3.8) is 0 Å². The highest BCUT2D eigenvalue weighted by Crippen LogP contribution is 2.26. The molecule has 1 N–H and O–H groups in total. The van der Waals surface area contributed by atoms with E-state index in [-0.39, 0.29) is 24.1 Å². The summed E-state index contributed by atoms with van der Waals surface area (Å²) in [5, 5.41) is 14.6. The number of nitro groups is 1. The van der Waals surface area contributed by atoms with Gasteiger partial charge in [0.1, 0.15) is 12.3 Å². The Morgan fingerprint density at radius 3 is 2.96 bits per heavy atom. The normalized spacial score (nSPS) is 15.8. The molecule has 3 aromatic rings. The third-order valence-corrected chi connectivity index (χ3v) is 4.82. The number of carbonyl (C=O) groups excluding carboxylic acids is 1. The van der Waals surface area contributed by atoms with Gasteiger partial charge in [0, 0.05) is 41.7 Å². The van der Waals surface area contributed by atoms with Gasteiger partial charge in [-0.15, -0.1) is 0 Å². The van der Waals surface area contributed by atoms with Gasteiger partial charge in [-0.05, 0) is 30.2 Å². The fourth-order valence-corrected chi connectivity index (χ4v) is 3.43. The van der Waals surface area contributed by atoms with Crippen molar-refractivity contribution in [2.45, 2.75) is 13.0 Å². The number of rotatable bonds is 5. The van der Waals surface area contributed by atoms with Crippen molar-refractivity contribution in [1.29, 1.82) is 0 Å². The van der Waals surface area contributed by atoms with E-state index in [1.165, 1.54) is 17.7 Å². The predicted octanol–water partition coefficient (Wildman–Crippen LogP) is 2.92. The third-order valence-electron chi connectivity index (χ3n) is 4.82. The van der Waals surface area contributed by atoms with E-state index in [9.17, 15) is 14.9 Å². The molecule has 1 aliphatic rings. The first-order valence-electron chi connectivity index (χ1n) is 8.81. The molecule has 27 heavy (non-hydrogen) atoms. The molecule has 0 bridgehead atoms. The highest BCUT2D eigenvalue weighted by molar-refractivity contribution is 5.85. The molecule has 1 unspecified atom stereocenters. The van der Waals surface area contributed by atoms with E-state index in [1.54, 1.807) is 22.9 Å². The number of fused-ring (bicyclic) bond motifs is 2. The quantitative estimate of drug-likeness (QED) is 0.556. The van der Waals surface area contributed by atoms with Crippen molar-refractivity contribution in [2.75, 3.05) is 13.2 Å². The smallest absolute Gasteiger partial charge is 0.270 e. The van der Waals surface area contributed by atoms with Crippen LogP contribution in [0.1, 0.15) is 5.56 Å². The molecule has 1 aliphatic heterocycles. The lowest BCUT2D eigenvalue weighted by atomic mass is 9.97. The average molecular weight is 365 g/mol. The summed E-state index contributed by atoms with van der Waals surface area (Å²) in [4.78, 5) is 22.8. The number of hydrogen-bond donors (Lipinski definition) is 1. The van der Waals surface area contributed by atoms with E-state index in [0.717, 1.165) is 23.1 Å². The molecule has 1 aromatic heterocycles. The molecule has 1 amide bonds. The van der Waals surface area contributed by atoms with Crippen molar-refractivity contribution in [1.82, 2.24) is 9.88 Å². The van der Waals surface area contributed by atoms with E-state index >= 15 is 0 Å². The zero-order valence-electron chi connectivity index (χ0n) is 14.6. The summed E-state index contributed by atoms with van der Waals surface area (Å²) in [5.74, 6) is 1.07. The van der Waals surface area contributed by atoms with Crippen molar-refractivity contribution < 1.29 is 14.5 Å². The van der Waals surface area contributed by atoms with Crippen LogP contribution in [0.5, 0.6) is 5.75 Å². The summed E-state index contributed by atoms with van der Waals surface area (Å²) in [5.41, 5.74) is 2.01. The van der Waals surface area contributed by atoms with Crippen LogP contribution in [0.2, 0.25) is 0 Å². The summed E-state index contributed by atoms with van der Waals surface area (Å²) < 4.78 is 7.54. The van der Waals surface area contributed by atoms with E-state index in [2.05, 4.69) is 11.4 Å². The summed E-state index contributed by atoms with van der Waals surface area (Å²) in [6, 6.07) is 14.4. The summed E-state index contributed by atoms with van der Waals surface area (Å²) >= 11 is 0. The van der Waals surface area contributed by atoms with Crippen molar-refractivity contribution in [3.05, 3.63) is 70.4 Å². The summed E-state index contributed by atoms with van der Waals surface area (Å²) in [7, 11) is 0. The molecule has 0 radical (unpaired) electrons. The van der Waals surface area contributed by atoms with Gasteiger partial charge in [-0.1, -0.05) is 18.2 Å². The van der Waals surface area contributed by atoms with Gasteiger partial charge in [0.15, 0.2) is 0 Å². The second-order valence-corrected chi connectivity index (χ2v) is 6.74. The van der Waals surface area contributed by atoms with E-state index in [0.29, 0.717) is 13.2 Å². The Morgan fingerprint density at radius 1 is 1.26 bits per heavy atom. The Bertz CT molecular complexity index is 1010. The maximum atomic E-state index is 12.3. The van der Waals surface area contributed by atoms with E-state index in [4.69, 9.17) is 4.74 Å². The number of para-hydroxylation sites is 1. The number of hydrogen-bond acceptors (Lipinski definition) is 4. The van der Waals surface area contributed by atoms with Crippen LogP contribution in [0.3, 0.4) is 0 Å². The number of nitro benzene ring substituents is 1. The summed E-state index contributed by atoms with van der Waals surface area (Å²) in [6.07, 6.45) is 2.65. The SMILES string of the molecule is O=C(Cn1ccc2cc([N+](=O)[O-])ccc21)NCC1COc2ccccc2C1. The highest BCUT2D eigenvalue weighted by atomic mass is 16.6. The zero-order valence-corrected chi connectivity index (χ0v) is 14.6. The predicted molar refractivity (Wildman–Crippen MR) is 101 cm³/mol. The van der Waals surface area contributed by atoms with Gasteiger partial charge < -0.3 is 14.6 Å². The second-order valence-electron chi connectivity index (χ2n) is 6.74. The lowest BCUT2D eigenvalue weighted by molar-refractivity contribution is -0.384. The number of nitrogens with zero attached hydrogens (tertiary/aromatic N) is 2. The minimum atomic E-state index is -0.423. The fraction of sp³-hybridized carbons (Fsp3) is 0.250. The maximum absolute atomic E-state index is 12.3. The maximum Gasteiger partial charge on any atom is 0.270 e. The van der Waals surface area contributed by atoms with Crippen molar-refractivity contribution in [3.8, 4) is 5.75 Å². The number of ether oxygens (including phenoxy) is 1. The molecule has 4 rings (SSSR count). The molecule has 0 spiro atoms. The molecule has 2 heterocycles. The van der Waals surface area contributed by atoms with Crippen LogP contribution in [0.4, 0.5) is 5.69 Å². The Morgan fingerprint density at radius 2 is 2.11 bits per heavy atom. The molecular formula is C20H19N3O4. The minimum Gasteiger partial charge on any atom is -0.493 e. The van der Waals surface area contributed by atoms with Gasteiger partial charge in [-0.2, -0.15) is 0 Å². The molecular weight excluding hydrogens is 346 g/mol. The molecule has 0 fully saturated rings. The monoisotopic (exact) mass is 365 g/mol. The Labute approximate surface area is 155 Å². The first-order valence-corrected chi connectivity index (χ1v) is 8.81. The fourth-order valence-electron chi connectivity index (χ4n) is 3.43. The molecule has 2 aromatic carbocycles. The minimum absolute atomic E-state index is 0.0438. The van der Waals surface area contributed by atoms with Gasteiger partial charge >= 0.3 is 0 Å². The van der Waals surface area contributed by atoms with Gasteiger partial charge in [0.05, 0.1) is 11.5 Å². The van der Waals surface area contributed by atoms with Crippen LogP contribution < -0.4 is 10.1 Å². The average Bonchev–Trinajstić information content (AvgIpc) is 3.08. The van der Waals surface area contributed by atoms with Gasteiger partial charge in [0.25, 0.3) is 5.69 Å². The standard InChI is InChI=1S/C20H19N3O4/c24-20(21-11-14-9-16-3-1-2-4-19(16)27-13-14)12-22-8-7-15-10-17(23(25)26)5-6-18(15)22/h1-8,10,14H,9,11-13H2,(H,21,24). The number of nitrogens with one attached hydrogen (secondary N) is 1. The molecule has 7 heteroatoms. The number of carbonyl (C=O) groups is 1. The van der Waals surface area contributed by atoms with Gasteiger partial charge in [0.2, 0.25) is 5.91 Å². The van der Waals surface area contributed by atoms with Gasteiger partial charge in [-0.25, -0.2) is 0 Å². The molecule has 1 atom stereocenters. The molecule has 7 nitrogen and oxygen atoms in total. The lowest BCUT2D eigenvalue weighted by Crippen LogP contribution is -2.36. The lowest BCUT2D eigenvalue weighted by Gasteiger charge is -2.25. The Balaban J connectivity index is 1.36. The van der Waals surface area contributed by atoms with Crippen LogP contribution in [-0.4, -0.2) is 28.5 Å². The van der Waals surface area contributed by atoms with Crippen LogP contribution in [0.25, 0.3) is 10.9 Å². The highest BCUT2D eigenvalue weighted by Gasteiger charge is 2.20. The van der Waals surface area contributed by atoms with Crippen LogP contribution >= 0.6 is 0 Å². The molecule has 0 saturated carbocycles.